The highest BCUT2D eigenvalue weighted by Crippen LogP contribution is 2.10. The van der Waals surface area contributed by atoms with E-state index < -0.39 is 0 Å². The summed E-state index contributed by atoms with van der Waals surface area (Å²) in [5, 5.41) is 11.4. The van der Waals surface area contributed by atoms with Crippen LogP contribution in [0.15, 0.2) is 24.4 Å². The molecule has 15 heavy (non-hydrogen) atoms. The topological polar surface area (TPSA) is 42.2 Å². The first-order chi connectivity index (χ1) is 7.33. The molecule has 0 bridgehead atoms. The molecule has 0 amide bonds. The van der Waals surface area contributed by atoms with Crippen molar-refractivity contribution in [3.8, 4) is 12.3 Å². The molecule has 0 saturated heterocycles. The van der Waals surface area contributed by atoms with E-state index in [0.29, 0.717) is 6.54 Å². The van der Waals surface area contributed by atoms with Crippen molar-refractivity contribution >= 4 is 5.65 Å². The van der Waals surface area contributed by atoms with Gasteiger partial charge in [0.25, 0.3) is 0 Å². The van der Waals surface area contributed by atoms with Crippen molar-refractivity contribution in [2.75, 3.05) is 6.54 Å². The molecule has 2 aromatic rings. The molecule has 0 aliphatic heterocycles. The van der Waals surface area contributed by atoms with Crippen molar-refractivity contribution in [2.24, 2.45) is 0 Å². The van der Waals surface area contributed by atoms with Gasteiger partial charge in [0.1, 0.15) is 0 Å². The number of rotatable bonds is 3. The SMILES string of the molecule is C#CCNC(C)c1nnc2ccccn12. The second-order valence-electron chi connectivity index (χ2n) is 3.29. The summed E-state index contributed by atoms with van der Waals surface area (Å²) in [4.78, 5) is 0. The van der Waals surface area contributed by atoms with Crippen LogP contribution in [0.3, 0.4) is 0 Å². The first-order valence-electron chi connectivity index (χ1n) is 4.79. The van der Waals surface area contributed by atoms with Crippen molar-refractivity contribution in [3.05, 3.63) is 30.2 Å². The van der Waals surface area contributed by atoms with Crippen molar-refractivity contribution in [2.45, 2.75) is 13.0 Å². The summed E-state index contributed by atoms with van der Waals surface area (Å²) >= 11 is 0. The van der Waals surface area contributed by atoms with Crippen LogP contribution in [-0.4, -0.2) is 21.1 Å². The van der Waals surface area contributed by atoms with Gasteiger partial charge in [-0.25, -0.2) is 0 Å². The summed E-state index contributed by atoms with van der Waals surface area (Å²) in [7, 11) is 0. The van der Waals surface area contributed by atoms with Crippen LogP contribution in [0.2, 0.25) is 0 Å². The number of hydrogen-bond acceptors (Lipinski definition) is 3. The largest absolute Gasteiger partial charge is 0.297 e. The van der Waals surface area contributed by atoms with Gasteiger partial charge in [0.15, 0.2) is 11.5 Å². The number of nitrogens with zero attached hydrogens (tertiary/aromatic N) is 3. The Labute approximate surface area is 88.3 Å². The first-order valence-corrected chi connectivity index (χ1v) is 4.79. The highest BCUT2D eigenvalue weighted by molar-refractivity contribution is 5.37. The maximum atomic E-state index is 5.19. The first kappa shape index (κ1) is 9.69. The van der Waals surface area contributed by atoms with Gasteiger partial charge in [0.2, 0.25) is 0 Å². The van der Waals surface area contributed by atoms with Crippen LogP contribution >= 0.6 is 0 Å². The Morgan fingerprint density at radius 1 is 1.53 bits per heavy atom. The lowest BCUT2D eigenvalue weighted by atomic mass is 10.3. The fraction of sp³-hybridized carbons (Fsp3) is 0.273. The Morgan fingerprint density at radius 2 is 2.40 bits per heavy atom. The van der Waals surface area contributed by atoms with Crippen LogP contribution in [0.4, 0.5) is 0 Å². The van der Waals surface area contributed by atoms with E-state index in [1.54, 1.807) is 0 Å². The van der Waals surface area contributed by atoms with Gasteiger partial charge < -0.3 is 0 Å². The fourth-order valence-corrected chi connectivity index (χ4v) is 1.46. The number of aromatic nitrogens is 3. The molecule has 0 spiro atoms. The van der Waals surface area contributed by atoms with E-state index in [-0.39, 0.29) is 6.04 Å². The summed E-state index contributed by atoms with van der Waals surface area (Å²) in [5.41, 5.74) is 0.849. The molecule has 2 aromatic heterocycles. The molecule has 76 valence electrons. The predicted molar refractivity (Wildman–Crippen MR) is 58.2 cm³/mol. The lowest BCUT2D eigenvalue weighted by molar-refractivity contribution is 0.581. The second-order valence-corrected chi connectivity index (χ2v) is 3.29. The molecule has 0 fully saturated rings. The summed E-state index contributed by atoms with van der Waals surface area (Å²) in [6, 6.07) is 5.91. The lowest BCUT2D eigenvalue weighted by Crippen LogP contribution is -2.20. The monoisotopic (exact) mass is 200 g/mol. The van der Waals surface area contributed by atoms with Crippen LogP contribution in [0.5, 0.6) is 0 Å². The molecule has 0 radical (unpaired) electrons. The van der Waals surface area contributed by atoms with E-state index in [4.69, 9.17) is 6.42 Å². The van der Waals surface area contributed by atoms with Crippen LogP contribution in [0.1, 0.15) is 18.8 Å². The van der Waals surface area contributed by atoms with Gasteiger partial charge in [-0.3, -0.25) is 9.72 Å². The van der Waals surface area contributed by atoms with Gasteiger partial charge in [-0.2, -0.15) is 0 Å². The number of nitrogens with one attached hydrogen (secondary N) is 1. The smallest absolute Gasteiger partial charge is 0.160 e. The van der Waals surface area contributed by atoms with Crippen molar-refractivity contribution in [1.82, 2.24) is 19.9 Å². The van der Waals surface area contributed by atoms with Crippen molar-refractivity contribution < 1.29 is 0 Å². The normalized spacial score (nSPS) is 12.5. The van der Waals surface area contributed by atoms with Gasteiger partial charge in [0.05, 0.1) is 12.6 Å². The molecular formula is C11H12N4. The van der Waals surface area contributed by atoms with Crippen LogP contribution in [0, 0.1) is 12.3 Å². The van der Waals surface area contributed by atoms with Crippen LogP contribution in [0.25, 0.3) is 5.65 Å². The maximum Gasteiger partial charge on any atom is 0.160 e. The van der Waals surface area contributed by atoms with E-state index >= 15 is 0 Å². The Bertz CT molecular complexity index is 495. The minimum Gasteiger partial charge on any atom is -0.297 e. The summed E-state index contributed by atoms with van der Waals surface area (Å²) in [6.07, 6.45) is 7.13. The third kappa shape index (κ3) is 1.83. The van der Waals surface area contributed by atoms with E-state index in [9.17, 15) is 0 Å². The zero-order valence-corrected chi connectivity index (χ0v) is 8.51. The van der Waals surface area contributed by atoms with Gasteiger partial charge >= 0.3 is 0 Å². The van der Waals surface area contributed by atoms with E-state index in [2.05, 4.69) is 21.4 Å². The summed E-state index contributed by atoms with van der Waals surface area (Å²) in [6.45, 7) is 2.55. The molecule has 4 nitrogen and oxygen atoms in total. The fourth-order valence-electron chi connectivity index (χ4n) is 1.46. The van der Waals surface area contributed by atoms with Crippen LogP contribution in [-0.2, 0) is 0 Å². The molecular weight excluding hydrogens is 188 g/mol. The third-order valence-corrected chi connectivity index (χ3v) is 2.24. The number of terminal acetylenes is 1. The zero-order chi connectivity index (χ0) is 10.7. The summed E-state index contributed by atoms with van der Waals surface area (Å²) < 4.78 is 1.95. The number of pyridine rings is 1. The molecule has 1 unspecified atom stereocenters. The molecule has 2 rings (SSSR count). The molecule has 0 aliphatic carbocycles. The Morgan fingerprint density at radius 3 is 3.20 bits per heavy atom. The lowest BCUT2D eigenvalue weighted by Gasteiger charge is -2.09. The Hall–Kier alpha value is -1.86. The quantitative estimate of drug-likeness (QED) is 0.752. The highest BCUT2D eigenvalue weighted by atomic mass is 15.3. The minimum atomic E-state index is 0.0958. The van der Waals surface area contributed by atoms with Crippen LogP contribution < -0.4 is 5.32 Å². The standard InChI is InChI=1S/C11H12N4/c1-3-7-12-9(2)11-14-13-10-6-4-5-8-15(10)11/h1,4-6,8-9,12H,7H2,2H3. The molecule has 0 aliphatic rings. The third-order valence-electron chi connectivity index (χ3n) is 2.24. The predicted octanol–water partition coefficient (Wildman–Crippen LogP) is 1.01. The minimum absolute atomic E-state index is 0.0958. The van der Waals surface area contributed by atoms with Crippen molar-refractivity contribution in [1.29, 1.82) is 0 Å². The average Bonchev–Trinajstić information content (AvgIpc) is 2.69. The Balaban J connectivity index is 2.32. The molecule has 1 atom stereocenters. The molecule has 1 N–H and O–H groups in total. The maximum absolute atomic E-state index is 5.19. The molecule has 0 aromatic carbocycles. The highest BCUT2D eigenvalue weighted by Gasteiger charge is 2.11. The van der Waals surface area contributed by atoms with Gasteiger partial charge in [-0.15, -0.1) is 16.6 Å². The summed E-state index contributed by atoms with van der Waals surface area (Å²) in [5.74, 6) is 3.42. The number of hydrogen-bond donors (Lipinski definition) is 1. The van der Waals surface area contributed by atoms with E-state index in [1.807, 2.05) is 35.7 Å². The van der Waals surface area contributed by atoms with Crippen molar-refractivity contribution in [3.63, 3.8) is 0 Å². The molecule has 4 heteroatoms. The average molecular weight is 200 g/mol. The zero-order valence-electron chi connectivity index (χ0n) is 8.51. The molecule has 2 heterocycles. The van der Waals surface area contributed by atoms with E-state index in [0.717, 1.165) is 11.5 Å². The van der Waals surface area contributed by atoms with E-state index in [1.165, 1.54) is 0 Å². The molecule has 0 saturated carbocycles. The Kier molecular flexibility index (Phi) is 2.66. The van der Waals surface area contributed by atoms with Gasteiger partial charge in [-0.05, 0) is 19.1 Å². The second kappa shape index (κ2) is 4.11. The number of fused-ring (bicyclic) bond motifs is 1. The van der Waals surface area contributed by atoms with Gasteiger partial charge in [-0.1, -0.05) is 12.0 Å². The van der Waals surface area contributed by atoms with Gasteiger partial charge in [0, 0.05) is 6.20 Å².